The fourth-order valence-electron chi connectivity index (χ4n) is 2.82. The van der Waals surface area contributed by atoms with Crippen LogP contribution < -0.4 is 14.8 Å². The molecule has 6 nitrogen and oxygen atoms in total. The molecule has 1 N–H and O–H groups in total. The van der Waals surface area contributed by atoms with Gasteiger partial charge in [-0.05, 0) is 44.2 Å². The summed E-state index contributed by atoms with van der Waals surface area (Å²) >= 11 is 0. The van der Waals surface area contributed by atoms with Crippen LogP contribution in [0.2, 0.25) is 0 Å². The quantitative estimate of drug-likeness (QED) is 0.764. The van der Waals surface area contributed by atoms with Gasteiger partial charge in [0.2, 0.25) is 0 Å². The largest absolute Gasteiger partial charge is 0.490 e. The number of carbonyl (C=O) groups excluding carboxylic acids is 1. The van der Waals surface area contributed by atoms with E-state index in [1.165, 1.54) is 0 Å². The molecule has 0 bridgehead atoms. The predicted molar refractivity (Wildman–Crippen MR) is 99.0 cm³/mol. The van der Waals surface area contributed by atoms with Gasteiger partial charge in [0.15, 0.2) is 11.5 Å². The molecule has 3 aromatic rings. The van der Waals surface area contributed by atoms with E-state index < -0.39 is 0 Å². The number of nitrogens with one attached hydrogen (secondary N) is 1. The smallest absolute Gasteiger partial charge is 0.255 e. The second-order valence-corrected chi connectivity index (χ2v) is 6.26. The summed E-state index contributed by atoms with van der Waals surface area (Å²) < 4.78 is 11.3. The SMILES string of the molecule is Cc1nc2ccc(C(=O)Nc3ccc4c(c3)OCCCO4)cc2nc1C. The molecular formula is C20H19N3O3. The molecule has 0 saturated carbocycles. The zero-order valence-corrected chi connectivity index (χ0v) is 14.7. The number of hydrogen-bond acceptors (Lipinski definition) is 5. The van der Waals surface area contributed by atoms with Gasteiger partial charge in [-0.15, -0.1) is 0 Å². The fraction of sp³-hybridized carbons (Fsp3) is 0.250. The van der Waals surface area contributed by atoms with Crippen LogP contribution in [-0.4, -0.2) is 29.1 Å². The first-order valence-electron chi connectivity index (χ1n) is 8.56. The van der Waals surface area contributed by atoms with E-state index >= 15 is 0 Å². The minimum Gasteiger partial charge on any atom is -0.490 e. The van der Waals surface area contributed by atoms with Gasteiger partial charge in [0, 0.05) is 23.7 Å². The first kappa shape index (κ1) is 16.3. The lowest BCUT2D eigenvalue weighted by Crippen LogP contribution is -2.12. The lowest BCUT2D eigenvalue weighted by molar-refractivity contribution is 0.102. The summed E-state index contributed by atoms with van der Waals surface area (Å²) in [6.07, 6.45) is 0.841. The molecule has 0 atom stereocenters. The Morgan fingerprint density at radius 2 is 1.65 bits per heavy atom. The van der Waals surface area contributed by atoms with E-state index in [1.807, 2.05) is 26.0 Å². The van der Waals surface area contributed by atoms with E-state index in [4.69, 9.17) is 9.47 Å². The standard InChI is InChI=1S/C20H19N3O3/c1-12-13(2)22-17-10-14(4-6-16(17)21-12)20(24)23-15-5-7-18-19(11-15)26-9-3-8-25-18/h4-7,10-11H,3,8-9H2,1-2H3,(H,23,24). The Morgan fingerprint density at radius 1 is 0.923 bits per heavy atom. The summed E-state index contributed by atoms with van der Waals surface area (Å²) in [5, 5.41) is 2.90. The van der Waals surface area contributed by atoms with Gasteiger partial charge in [-0.3, -0.25) is 4.79 Å². The molecule has 4 rings (SSSR count). The summed E-state index contributed by atoms with van der Waals surface area (Å²) in [6, 6.07) is 10.7. The highest BCUT2D eigenvalue weighted by Crippen LogP contribution is 2.32. The molecule has 0 radical (unpaired) electrons. The van der Waals surface area contributed by atoms with Crippen LogP contribution in [0.4, 0.5) is 5.69 Å². The molecule has 1 aliphatic rings. The van der Waals surface area contributed by atoms with Gasteiger partial charge in [-0.1, -0.05) is 0 Å². The van der Waals surface area contributed by atoms with Crippen LogP contribution in [0.3, 0.4) is 0 Å². The topological polar surface area (TPSA) is 73.3 Å². The van der Waals surface area contributed by atoms with Gasteiger partial charge in [0.25, 0.3) is 5.91 Å². The highest BCUT2D eigenvalue weighted by Gasteiger charge is 2.13. The number of amides is 1. The minimum absolute atomic E-state index is 0.207. The number of ether oxygens (including phenoxy) is 2. The van der Waals surface area contributed by atoms with E-state index in [1.54, 1.807) is 24.3 Å². The van der Waals surface area contributed by atoms with Gasteiger partial charge in [0.1, 0.15) is 0 Å². The van der Waals surface area contributed by atoms with Gasteiger partial charge in [-0.2, -0.15) is 0 Å². The number of hydrogen-bond donors (Lipinski definition) is 1. The van der Waals surface area contributed by atoms with E-state index in [-0.39, 0.29) is 5.91 Å². The average Bonchev–Trinajstić information content (AvgIpc) is 2.87. The molecule has 0 saturated heterocycles. The van der Waals surface area contributed by atoms with Crippen molar-refractivity contribution in [3.8, 4) is 11.5 Å². The normalized spacial score (nSPS) is 13.3. The predicted octanol–water partition coefficient (Wildman–Crippen LogP) is 3.66. The highest BCUT2D eigenvalue weighted by atomic mass is 16.5. The third-order valence-electron chi connectivity index (χ3n) is 4.34. The second kappa shape index (κ2) is 6.63. The number of anilines is 1. The third-order valence-corrected chi connectivity index (χ3v) is 4.34. The molecule has 6 heteroatoms. The van der Waals surface area contributed by atoms with Gasteiger partial charge in [0.05, 0.1) is 35.6 Å². The lowest BCUT2D eigenvalue weighted by Gasteiger charge is -2.11. The number of carbonyl (C=O) groups is 1. The summed E-state index contributed by atoms with van der Waals surface area (Å²) in [5.41, 5.74) is 4.42. The molecule has 132 valence electrons. The van der Waals surface area contributed by atoms with Crippen LogP contribution in [-0.2, 0) is 0 Å². The van der Waals surface area contributed by atoms with Crippen molar-refractivity contribution in [3.05, 3.63) is 53.3 Å². The maximum absolute atomic E-state index is 12.6. The number of fused-ring (bicyclic) bond motifs is 2. The van der Waals surface area contributed by atoms with E-state index in [0.717, 1.165) is 23.3 Å². The van der Waals surface area contributed by atoms with Crippen LogP contribution in [0.15, 0.2) is 36.4 Å². The van der Waals surface area contributed by atoms with Crippen molar-refractivity contribution in [3.63, 3.8) is 0 Å². The first-order chi connectivity index (χ1) is 12.6. The maximum atomic E-state index is 12.6. The monoisotopic (exact) mass is 349 g/mol. The molecule has 0 aliphatic carbocycles. The summed E-state index contributed by atoms with van der Waals surface area (Å²) in [7, 11) is 0. The van der Waals surface area contributed by atoms with Crippen molar-refractivity contribution in [1.82, 2.24) is 9.97 Å². The van der Waals surface area contributed by atoms with Crippen LogP contribution in [0.1, 0.15) is 28.2 Å². The Bertz CT molecular complexity index is 1000. The van der Waals surface area contributed by atoms with Crippen LogP contribution in [0.5, 0.6) is 11.5 Å². The van der Waals surface area contributed by atoms with E-state index in [9.17, 15) is 4.79 Å². The Labute approximate surface area is 151 Å². The lowest BCUT2D eigenvalue weighted by atomic mass is 10.1. The maximum Gasteiger partial charge on any atom is 0.255 e. The summed E-state index contributed by atoms with van der Waals surface area (Å²) in [4.78, 5) is 21.6. The molecule has 1 aromatic heterocycles. The molecule has 1 amide bonds. The number of aryl methyl sites for hydroxylation is 2. The Balaban J connectivity index is 1.59. The molecule has 1 aliphatic heterocycles. The Kier molecular flexibility index (Phi) is 4.16. The number of nitrogens with zero attached hydrogens (tertiary/aromatic N) is 2. The van der Waals surface area contributed by atoms with Crippen molar-refractivity contribution >= 4 is 22.6 Å². The summed E-state index contributed by atoms with van der Waals surface area (Å²) in [6.45, 7) is 5.07. The molecule has 26 heavy (non-hydrogen) atoms. The summed E-state index contributed by atoms with van der Waals surface area (Å²) in [5.74, 6) is 1.14. The van der Waals surface area contributed by atoms with Gasteiger partial charge < -0.3 is 14.8 Å². The van der Waals surface area contributed by atoms with Gasteiger partial charge >= 0.3 is 0 Å². The number of benzene rings is 2. The molecule has 2 aromatic carbocycles. The van der Waals surface area contributed by atoms with Crippen molar-refractivity contribution < 1.29 is 14.3 Å². The van der Waals surface area contributed by atoms with Crippen molar-refractivity contribution in [2.24, 2.45) is 0 Å². The molecule has 2 heterocycles. The highest BCUT2D eigenvalue weighted by molar-refractivity contribution is 6.06. The van der Waals surface area contributed by atoms with Crippen LogP contribution in [0, 0.1) is 13.8 Å². The van der Waals surface area contributed by atoms with E-state index in [2.05, 4.69) is 15.3 Å². The molecule has 0 spiro atoms. The first-order valence-corrected chi connectivity index (χ1v) is 8.56. The van der Waals surface area contributed by atoms with E-state index in [0.29, 0.717) is 41.5 Å². The molecular weight excluding hydrogens is 330 g/mol. The minimum atomic E-state index is -0.207. The second-order valence-electron chi connectivity index (χ2n) is 6.26. The third kappa shape index (κ3) is 3.18. The molecule has 0 fully saturated rings. The fourth-order valence-corrected chi connectivity index (χ4v) is 2.82. The number of rotatable bonds is 2. The van der Waals surface area contributed by atoms with Crippen molar-refractivity contribution in [2.45, 2.75) is 20.3 Å². The van der Waals surface area contributed by atoms with Crippen molar-refractivity contribution in [1.29, 1.82) is 0 Å². The van der Waals surface area contributed by atoms with Crippen LogP contribution >= 0.6 is 0 Å². The zero-order chi connectivity index (χ0) is 18.1. The molecule has 0 unspecified atom stereocenters. The average molecular weight is 349 g/mol. The van der Waals surface area contributed by atoms with Crippen molar-refractivity contribution in [2.75, 3.05) is 18.5 Å². The zero-order valence-electron chi connectivity index (χ0n) is 14.7. The van der Waals surface area contributed by atoms with Crippen LogP contribution in [0.25, 0.3) is 11.0 Å². The number of aromatic nitrogens is 2. The Hall–Kier alpha value is -3.15. The van der Waals surface area contributed by atoms with Gasteiger partial charge in [-0.25, -0.2) is 9.97 Å². The Morgan fingerprint density at radius 3 is 2.46 bits per heavy atom.